The lowest BCUT2D eigenvalue weighted by atomic mass is 9.97. The molecule has 146 valence electrons. The molecular weight excluding hydrogens is 398 g/mol. The number of thiazole rings is 1. The van der Waals surface area contributed by atoms with Crippen LogP contribution in [0.25, 0.3) is 10.2 Å². The van der Waals surface area contributed by atoms with Crippen molar-refractivity contribution in [1.29, 1.82) is 0 Å². The summed E-state index contributed by atoms with van der Waals surface area (Å²) in [6.45, 7) is 1.33. The van der Waals surface area contributed by atoms with Crippen LogP contribution in [0.2, 0.25) is 0 Å². The first-order valence-electron chi connectivity index (χ1n) is 8.92. The number of aromatic nitrogens is 1. The van der Waals surface area contributed by atoms with Crippen molar-refractivity contribution in [3.63, 3.8) is 0 Å². The van der Waals surface area contributed by atoms with Crippen LogP contribution in [0.3, 0.4) is 0 Å². The molecule has 0 spiro atoms. The molecule has 3 aromatic rings. The highest BCUT2D eigenvalue weighted by atomic mass is 32.2. The summed E-state index contributed by atoms with van der Waals surface area (Å²) < 4.78 is 24.6. The van der Waals surface area contributed by atoms with Gasteiger partial charge in [0, 0.05) is 31.3 Å². The Morgan fingerprint density at radius 2 is 1.89 bits per heavy atom. The molecule has 1 fully saturated rings. The fourth-order valence-corrected chi connectivity index (χ4v) is 5.36. The van der Waals surface area contributed by atoms with Crippen LogP contribution in [0.1, 0.15) is 23.8 Å². The maximum absolute atomic E-state index is 11.7. The van der Waals surface area contributed by atoms with Crippen LogP contribution in [-0.4, -0.2) is 37.7 Å². The van der Waals surface area contributed by atoms with Crippen LogP contribution < -0.4 is 4.90 Å². The molecule has 2 heterocycles. The molecule has 2 aromatic carbocycles. The lowest BCUT2D eigenvalue weighted by molar-refractivity contribution is -0.384. The van der Waals surface area contributed by atoms with E-state index in [-0.39, 0.29) is 10.6 Å². The van der Waals surface area contributed by atoms with Gasteiger partial charge in [0.05, 0.1) is 25.0 Å². The molecule has 9 heteroatoms. The maximum Gasteiger partial charge on any atom is 0.293 e. The minimum Gasteiger partial charge on any atom is -0.366 e. The Kier molecular flexibility index (Phi) is 4.80. The number of benzene rings is 2. The van der Waals surface area contributed by atoms with E-state index in [9.17, 15) is 18.5 Å². The van der Waals surface area contributed by atoms with Gasteiger partial charge in [-0.3, -0.25) is 10.1 Å². The highest BCUT2D eigenvalue weighted by molar-refractivity contribution is 7.90. The van der Waals surface area contributed by atoms with Gasteiger partial charge >= 0.3 is 0 Å². The summed E-state index contributed by atoms with van der Waals surface area (Å²) in [5, 5.41) is 12.6. The first-order valence-corrected chi connectivity index (χ1v) is 11.6. The van der Waals surface area contributed by atoms with Crippen molar-refractivity contribution in [3.8, 4) is 0 Å². The summed E-state index contributed by atoms with van der Waals surface area (Å²) in [4.78, 5) is 17.7. The molecule has 0 N–H and O–H groups in total. The van der Waals surface area contributed by atoms with Crippen molar-refractivity contribution < 1.29 is 13.3 Å². The van der Waals surface area contributed by atoms with E-state index >= 15 is 0 Å². The number of nitro groups is 1. The molecule has 1 saturated heterocycles. The van der Waals surface area contributed by atoms with Crippen LogP contribution in [-0.2, 0) is 9.84 Å². The zero-order chi connectivity index (χ0) is 19.9. The van der Waals surface area contributed by atoms with Crippen molar-refractivity contribution in [3.05, 3.63) is 57.6 Å². The molecule has 1 aliphatic heterocycles. The zero-order valence-corrected chi connectivity index (χ0v) is 16.9. The maximum atomic E-state index is 11.7. The van der Waals surface area contributed by atoms with E-state index < -0.39 is 14.8 Å². The number of anilines is 1. The van der Waals surface area contributed by atoms with Gasteiger partial charge in [-0.05, 0) is 37.1 Å². The quantitative estimate of drug-likeness (QED) is 0.471. The molecule has 0 amide bonds. The summed E-state index contributed by atoms with van der Waals surface area (Å²) in [7, 11) is -3.49. The first kappa shape index (κ1) is 18.8. The predicted molar refractivity (Wildman–Crippen MR) is 110 cm³/mol. The van der Waals surface area contributed by atoms with E-state index in [2.05, 4.69) is 6.07 Å². The number of piperidine rings is 1. The van der Waals surface area contributed by atoms with Gasteiger partial charge in [-0.1, -0.05) is 12.1 Å². The number of para-hydroxylation sites is 1. The second-order valence-electron chi connectivity index (χ2n) is 6.96. The lowest BCUT2D eigenvalue weighted by Gasteiger charge is -2.32. The van der Waals surface area contributed by atoms with Crippen LogP contribution in [0.15, 0.2) is 47.4 Å². The summed E-state index contributed by atoms with van der Waals surface area (Å²) in [6, 6.07) is 12.2. The van der Waals surface area contributed by atoms with Gasteiger partial charge in [0.15, 0.2) is 9.84 Å². The number of hydrogen-bond donors (Lipinski definition) is 0. The number of sulfone groups is 1. The molecule has 1 aliphatic rings. The molecule has 28 heavy (non-hydrogen) atoms. The third kappa shape index (κ3) is 3.59. The Hall–Kier alpha value is -2.52. The summed E-state index contributed by atoms with van der Waals surface area (Å²) in [6.07, 6.45) is 2.75. The number of rotatable bonds is 4. The van der Waals surface area contributed by atoms with Crippen LogP contribution in [0, 0.1) is 10.1 Å². The van der Waals surface area contributed by atoms with Crippen molar-refractivity contribution in [2.45, 2.75) is 23.7 Å². The Bertz CT molecular complexity index is 1120. The largest absolute Gasteiger partial charge is 0.366 e. The smallest absolute Gasteiger partial charge is 0.293 e. The highest BCUT2D eigenvalue weighted by Crippen LogP contribution is 2.38. The van der Waals surface area contributed by atoms with Crippen molar-refractivity contribution >= 4 is 42.8 Å². The number of nitro benzene ring substituents is 1. The van der Waals surface area contributed by atoms with Gasteiger partial charge in [0.25, 0.3) is 5.69 Å². The molecule has 0 saturated carbocycles. The van der Waals surface area contributed by atoms with Crippen molar-refractivity contribution in [2.75, 3.05) is 24.2 Å². The fourth-order valence-electron chi connectivity index (χ4n) is 3.58. The van der Waals surface area contributed by atoms with Gasteiger partial charge in [-0.15, -0.1) is 11.3 Å². The summed E-state index contributed by atoms with van der Waals surface area (Å²) in [5.74, 6) is 0.336. The third-order valence-electron chi connectivity index (χ3n) is 5.07. The molecule has 1 aromatic heterocycles. The molecule has 0 atom stereocenters. The summed E-state index contributed by atoms with van der Waals surface area (Å²) >= 11 is 1.71. The van der Waals surface area contributed by atoms with E-state index in [1.165, 1.54) is 10.8 Å². The monoisotopic (exact) mass is 417 g/mol. The molecule has 0 aliphatic carbocycles. The average Bonchev–Trinajstić information content (AvgIpc) is 3.11. The van der Waals surface area contributed by atoms with E-state index in [1.54, 1.807) is 17.4 Å². The molecule has 0 radical (unpaired) electrons. The predicted octanol–water partition coefficient (Wildman–Crippen LogP) is 3.99. The van der Waals surface area contributed by atoms with E-state index in [0.717, 1.165) is 35.7 Å². The minimum absolute atomic E-state index is 0.0349. The molecule has 0 bridgehead atoms. The molecule has 7 nitrogen and oxygen atoms in total. The van der Waals surface area contributed by atoms with Crippen molar-refractivity contribution in [1.82, 2.24) is 4.98 Å². The second-order valence-corrected chi connectivity index (χ2v) is 10.0. The Labute approximate surface area is 166 Å². The normalized spacial score (nSPS) is 15.8. The molecular formula is C19H19N3O4S2. The lowest BCUT2D eigenvalue weighted by Crippen LogP contribution is -2.33. The zero-order valence-electron chi connectivity index (χ0n) is 15.2. The first-order chi connectivity index (χ1) is 13.3. The Morgan fingerprint density at radius 3 is 2.54 bits per heavy atom. The van der Waals surface area contributed by atoms with Crippen LogP contribution in [0.4, 0.5) is 11.4 Å². The number of fused-ring (bicyclic) bond motifs is 1. The van der Waals surface area contributed by atoms with Crippen LogP contribution >= 0.6 is 11.3 Å². The van der Waals surface area contributed by atoms with E-state index in [0.29, 0.717) is 24.7 Å². The number of nitrogens with zero attached hydrogens (tertiary/aromatic N) is 3. The van der Waals surface area contributed by atoms with Gasteiger partial charge in [0.2, 0.25) is 0 Å². The van der Waals surface area contributed by atoms with Gasteiger partial charge < -0.3 is 4.90 Å². The van der Waals surface area contributed by atoms with Gasteiger partial charge in [-0.2, -0.15) is 0 Å². The second kappa shape index (κ2) is 7.14. The topological polar surface area (TPSA) is 93.4 Å². The minimum atomic E-state index is -3.49. The van der Waals surface area contributed by atoms with Gasteiger partial charge in [-0.25, -0.2) is 13.4 Å². The van der Waals surface area contributed by atoms with E-state index in [4.69, 9.17) is 4.98 Å². The standard InChI is InChI=1S/C19H19N3O4S2/c1-28(25,26)14-6-7-16(17(12-14)22(23)24)21-10-8-13(9-11-21)19-20-15-4-2-3-5-18(15)27-19/h2-7,12-13H,8-11H2,1H3. The Balaban J connectivity index is 1.55. The van der Waals surface area contributed by atoms with Gasteiger partial charge in [0.1, 0.15) is 5.69 Å². The molecule has 4 rings (SSSR count). The molecule has 0 unspecified atom stereocenters. The van der Waals surface area contributed by atoms with E-state index in [1.807, 2.05) is 23.1 Å². The average molecular weight is 418 g/mol. The van der Waals surface area contributed by atoms with Crippen molar-refractivity contribution in [2.24, 2.45) is 0 Å². The SMILES string of the molecule is CS(=O)(=O)c1ccc(N2CCC(c3nc4ccccc4s3)CC2)c([N+](=O)[O-])c1. The third-order valence-corrected chi connectivity index (χ3v) is 7.38. The number of hydrogen-bond acceptors (Lipinski definition) is 7. The fraction of sp³-hybridized carbons (Fsp3) is 0.316. The Morgan fingerprint density at radius 1 is 1.18 bits per heavy atom. The van der Waals surface area contributed by atoms with Crippen LogP contribution in [0.5, 0.6) is 0 Å². The highest BCUT2D eigenvalue weighted by Gasteiger charge is 2.28. The summed E-state index contributed by atoms with van der Waals surface area (Å²) in [5.41, 5.74) is 1.32.